The minimum Gasteiger partial charge on any atom is -0.271 e. The maximum Gasteiger partial charge on any atom is 0.137 e. The zero-order chi connectivity index (χ0) is 14.5. The number of benzene rings is 2. The van der Waals surface area contributed by atoms with E-state index in [1.807, 2.05) is 18.2 Å². The summed E-state index contributed by atoms with van der Waals surface area (Å²) in [6.07, 6.45) is 1.44. The molecule has 3 N–H and O–H groups in total. The predicted octanol–water partition coefficient (Wildman–Crippen LogP) is 3.97. The largest absolute Gasteiger partial charge is 0.271 e. The lowest BCUT2D eigenvalue weighted by Crippen LogP contribution is -2.38. The van der Waals surface area contributed by atoms with E-state index in [1.54, 1.807) is 6.07 Å². The number of hydrogen-bond donors (Lipinski definition) is 2. The predicted molar refractivity (Wildman–Crippen MR) is 86.8 cm³/mol. The van der Waals surface area contributed by atoms with Crippen molar-refractivity contribution in [2.75, 3.05) is 0 Å². The second kappa shape index (κ2) is 7.31. The van der Waals surface area contributed by atoms with Gasteiger partial charge in [0.2, 0.25) is 0 Å². The molecule has 0 spiro atoms. The highest BCUT2D eigenvalue weighted by Crippen LogP contribution is 2.22. The normalized spacial score (nSPS) is 12.4. The van der Waals surface area contributed by atoms with E-state index in [0.29, 0.717) is 10.9 Å². The first-order valence-corrected chi connectivity index (χ1v) is 7.82. The minimum atomic E-state index is -0.248. The molecule has 0 heterocycles. The van der Waals surface area contributed by atoms with Crippen LogP contribution in [0.5, 0.6) is 0 Å². The van der Waals surface area contributed by atoms with Gasteiger partial charge in [-0.05, 0) is 58.1 Å². The van der Waals surface area contributed by atoms with E-state index in [2.05, 4.69) is 49.4 Å². The van der Waals surface area contributed by atoms with Crippen molar-refractivity contribution in [3.05, 3.63) is 68.4 Å². The highest BCUT2D eigenvalue weighted by molar-refractivity contribution is 9.10. The molecule has 106 valence electrons. The van der Waals surface area contributed by atoms with Gasteiger partial charge in [-0.25, -0.2) is 4.39 Å². The van der Waals surface area contributed by atoms with Gasteiger partial charge in [0.05, 0.1) is 4.47 Å². The third kappa shape index (κ3) is 4.12. The van der Waals surface area contributed by atoms with Gasteiger partial charge in [-0.15, -0.1) is 0 Å². The van der Waals surface area contributed by atoms with Crippen LogP contribution in [-0.4, -0.2) is 6.04 Å². The molecule has 0 fully saturated rings. The van der Waals surface area contributed by atoms with E-state index < -0.39 is 0 Å². The second-order valence-corrected chi connectivity index (χ2v) is 6.32. The molecule has 0 saturated heterocycles. The van der Waals surface area contributed by atoms with Crippen molar-refractivity contribution >= 4 is 31.9 Å². The molecule has 0 radical (unpaired) electrons. The topological polar surface area (TPSA) is 38.0 Å². The van der Waals surface area contributed by atoms with E-state index in [9.17, 15) is 4.39 Å². The lowest BCUT2D eigenvalue weighted by molar-refractivity contribution is 0.519. The summed E-state index contributed by atoms with van der Waals surface area (Å²) in [5.74, 6) is 5.37. The number of halogens is 3. The molecular formula is C15H15Br2FN2. The maximum absolute atomic E-state index is 13.5. The molecule has 0 amide bonds. The molecule has 5 heteroatoms. The van der Waals surface area contributed by atoms with Crippen LogP contribution in [0.3, 0.4) is 0 Å². The van der Waals surface area contributed by atoms with Crippen molar-refractivity contribution in [3.63, 3.8) is 0 Å². The summed E-state index contributed by atoms with van der Waals surface area (Å²) in [6.45, 7) is 0. The van der Waals surface area contributed by atoms with Crippen LogP contribution >= 0.6 is 31.9 Å². The average molecular weight is 402 g/mol. The highest BCUT2D eigenvalue weighted by Gasteiger charge is 2.12. The fraction of sp³-hybridized carbons (Fsp3) is 0.200. The maximum atomic E-state index is 13.5. The summed E-state index contributed by atoms with van der Waals surface area (Å²) in [5, 5.41) is 0. The zero-order valence-corrected chi connectivity index (χ0v) is 13.9. The van der Waals surface area contributed by atoms with Gasteiger partial charge in [0.1, 0.15) is 5.82 Å². The van der Waals surface area contributed by atoms with Crippen molar-refractivity contribution in [1.82, 2.24) is 5.43 Å². The Hall–Kier alpha value is -0.750. The third-order valence-electron chi connectivity index (χ3n) is 3.13. The van der Waals surface area contributed by atoms with Crippen LogP contribution in [0, 0.1) is 5.82 Å². The first kappa shape index (κ1) is 15.6. The van der Waals surface area contributed by atoms with Gasteiger partial charge in [-0.1, -0.05) is 40.2 Å². The SMILES string of the molecule is NNC(Cc1ccc(Br)cc1)Cc1cccc(F)c1Br. The molecular weight excluding hydrogens is 387 g/mol. The smallest absolute Gasteiger partial charge is 0.137 e. The second-order valence-electron chi connectivity index (χ2n) is 4.61. The molecule has 0 saturated carbocycles. The Morgan fingerprint density at radius 2 is 1.75 bits per heavy atom. The first-order chi connectivity index (χ1) is 9.60. The number of hydrazine groups is 1. The van der Waals surface area contributed by atoms with Gasteiger partial charge in [0.25, 0.3) is 0 Å². The number of nitrogens with two attached hydrogens (primary N) is 1. The quantitative estimate of drug-likeness (QED) is 0.587. The van der Waals surface area contributed by atoms with E-state index in [1.165, 1.54) is 11.6 Å². The van der Waals surface area contributed by atoms with Crippen LogP contribution in [0.1, 0.15) is 11.1 Å². The summed E-state index contributed by atoms with van der Waals surface area (Å²) < 4.78 is 15.1. The van der Waals surface area contributed by atoms with Gasteiger partial charge in [-0.3, -0.25) is 11.3 Å². The lowest BCUT2D eigenvalue weighted by atomic mass is 9.99. The first-order valence-electron chi connectivity index (χ1n) is 6.23. The number of hydrogen-bond acceptors (Lipinski definition) is 2. The van der Waals surface area contributed by atoms with Crippen molar-refractivity contribution < 1.29 is 4.39 Å². The van der Waals surface area contributed by atoms with Crippen LogP contribution in [0.2, 0.25) is 0 Å². The molecule has 0 aliphatic rings. The van der Waals surface area contributed by atoms with Crippen LogP contribution in [0.15, 0.2) is 51.4 Å². The standard InChI is InChI=1S/C15H15Br2FN2/c16-12-6-4-10(5-7-12)8-13(20-19)9-11-2-1-3-14(18)15(11)17/h1-7,13,20H,8-9,19H2. The molecule has 0 aliphatic carbocycles. The number of rotatable bonds is 5. The summed E-state index contributed by atoms with van der Waals surface area (Å²) in [7, 11) is 0. The van der Waals surface area contributed by atoms with Gasteiger partial charge < -0.3 is 0 Å². The van der Waals surface area contributed by atoms with E-state index >= 15 is 0 Å². The fourth-order valence-electron chi connectivity index (χ4n) is 2.07. The summed E-state index contributed by atoms with van der Waals surface area (Å²) in [6, 6.07) is 13.2. The van der Waals surface area contributed by atoms with Crippen LogP contribution < -0.4 is 11.3 Å². The molecule has 2 nitrogen and oxygen atoms in total. The van der Waals surface area contributed by atoms with Crippen molar-refractivity contribution in [1.29, 1.82) is 0 Å². The van der Waals surface area contributed by atoms with Gasteiger partial charge in [-0.2, -0.15) is 0 Å². The summed E-state index contributed by atoms with van der Waals surface area (Å²) >= 11 is 6.69. The lowest BCUT2D eigenvalue weighted by Gasteiger charge is -2.17. The summed E-state index contributed by atoms with van der Waals surface area (Å²) in [4.78, 5) is 0. The van der Waals surface area contributed by atoms with Gasteiger partial charge in [0.15, 0.2) is 0 Å². The van der Waals surface area contributed by atoms with Gasteiger partial charge >= 0.3 is 0 Å². The monoisotopic (exact) mass is 400 g/mol. The Labute approximate surface area is 134 Å². The number of nitrogens with one attached hydrogen (secondary N) is 1. The molecule has 1 unspecified atom stereocenters. The Morgan fingerprint density at radius 1 is 1.05 bits per heavy atom. The zero-order valence-electron chi connectivity index (χ0n) is 10.7. The third-order valence-corrected chi connectivity index (χ3v) is 4.55. The van der Waals surface area contributed by atoms with E-state index in [4.69, 9.17) is 5.84 Å². The molecule has 0 aromatic heterocycles. The van der Waals surface area contributed by atoms with Crippen molar-refractivity contribution in [2.45, 2.75) is 18.9 Å². The van der Waals surface area contributed by atoms with Crippen molar-refractivity contribution in [3.8, 4) is 0 Å². The van der Waals surface area contributed by atoms with Crippen molar-refractivity contribution in [2.24, 2.45) is 5.84 Å². The molecule has 1 atom stereocenters. The van der Waals surface area contributed by atoms with E-state index in [-0.39, 0.29) is 11.9 Å². The Bertz CT molecular complexity index is 573. The molecule has 20 heavy (non-hydrogen) atoms. The van der Waals surface area contributed by atoms with E-state index in [0.717, 1.165) is 16.5 Å². The van der Waals surface area contributed by atoms with Crippen LogP contribution in [0.25, 0.3) is 0 Å². The van der Waals surface area contributed by atoms with Gasteiger partial charge in [0, 0.05) is 10.5 Å². The minimum absolute atomic E-state index is 0.0503. The molecule has 2 aromatic carbocycles. The molecule has 2 rings (SSSR count). The Morgan fingerprint density at radius 3 is 2.40 bits per heavy atom. The van der Waals surface area contributed by atoms with Crippen LogP contribution in [0.4, 0.5) is 4.39 Å². The molecule has 0 bridgehead atoms. The Kier molecular flexibility index (Phi) is 5.72. The molecule has 0 aliphatic heterocycles. The average Bonchev–Trinajstić information content (AvgIpc) is 2.45. The Balaban J connectivity index is 2.09. The summed E-state index contributed by atoms with van der Waals surface area (Å²) in [5.41, 5.74) is 4.90. The molecule has 2 aromatic rings. The highest BCUT2D eigenvalue weighted by atomic mass is 79.9. The fourth-order valence-corrected chi connectivity index (χ4v) is 2.76. The van der Waals surface area contributed by atoms with Crippen LogP contribution in [-0.2, 0) is 12.8 Å².